The predicted molar refractivity (Wildman–Crippen MR) is 126 cm³/mol. The first-order valence-corrected chi connectivity index (χ1v) is 10.6. The minimum Gasteiger partial charge on any atom is -0.515 e. The summed E-state index contributed by atoms with van der Waals surface area (Å²) in [4.78, 5) is 11.7. The molecule has 0 radical (unpaired) electrons. The van der Waals surface area contributed by atoms with E-state index in [2.05, 4.69) is 6.58 Å². The molecule has 1 saturated carbocycles. The standard InChI is InChI=1S/C18H17ClO2.C8H14O/c1-11-4-9-16(14-5-7-15(19)8-6-14)12(2)18(11)17(10-20)13(3)21;1-7-3-5-8(9-2)6-4-7/h4-10,20H,1-3H3;8H,1,3-6H2,2H3/b17-10-;. The maximum atomic E-state index is 11.7. The number of aliphatic hydroxyl groups is 1. The fraction of sp³-hybridized carbons (Fsp3) is 0.346. The highest BCUT2D eigenvalue weighted by molar-refractivity contribution is 6.30. The number of ether oxygens (including phenoxy) is 1. The minimum atomic E-state index is -0.156. The molecule has 0 spiro atoms. The lowest BCUT2D eigenvalue weighted by atomic mass is 9.88. The second-order valence-corrected chi connectivity index (χ2v) is 8.16. The van der Waals surface area contributed by atoms with Gasteiger partial charge in [0.1, 0.15) is 0 Å². The Hall–Kier alpha value is -2.36. The van der Waals surface area contributed by atoms with Crippen molar-refractivity contribution in [1.82, 2.24) is 0 Å². The van der Waals surface area contributed by atoms with Gasteiger partial charge in [-0.15, -0.1) is 0 Å². The number of benzene rings is 2. The van der Waals surface area contributed by atoms with Crippen LogP contribution in [0.5, 0.6) is 0 Å². The Morgan fingerprint density at radius 2 is 1.73 bits per heavy atom. The SMILES string of the molecule is C=C1CCC(OC)CC1.CC(=O)/C(=C/O)c1c(C)ccc(-c2ccc(Cl)cc2)c1C. The quantitative estimate of drug-likeness (QED) is 0.318. The number of methoxy groups -OCH3 is 1. The predicted octanol–water partition coefficient (Wildman–Crippen LogP) is 7.24. The summed E-state index contributed by atoms with van der Waals surface area (Å²) in [6, 6.07) is 11.5. The first-order valence-electron chi connectivity index (χ1n) is 10.2. The van der Waals surface area contributed by atoms with E-state index in [1.54, 1.807) is 7.11 Å². The number of carbonyl (C=O) groups is 1. The smallest absolute Gasteiger partial charge is 0.163 e. The Morgan fingerprint density at radius 1 is 1.13 bits per heavy atom. The molecule has 3 rings (SSSR count). The topological polar surface area (TPSA) is 46.5 Å². The average molecular weight is 427 g/mol. The summed E-state index contributed by atoms with van der Waals surface area (Å²) in [6.07, 6.45) is 6.08. The molecule has 1 N–H and O–H groups in total. The number of hydrogen-bond donors (Lipinski definition) is 1. The molecule has 160 valence electrons. The van der Waals surface area contributed by atoms with Crippen molar-refractivity contribution in [2.24, 2.45) is 0 Å². The number of allylic oxidation sites excluding steroid dienone is 2. The highest BCUT2D eigenvalue weighted by atomic mass is 35.5. The highest BCUT2D eigenvalue weighted by Gasteiger charge is 2.16. The molecule has 0 amide bonds. The minimum absolute atomic E-state index is 0.156. The van der Waals surface area contributed by atoms with Crippen LogP contribution < -0.4 is 0 Å². The summed E-state index contributed by atoms with van der Waals surface area (Å²) in [5.41, 5.74) is 6.49. The maximum Gasteiger partial charge on any atom is 0.163 e. The van der Waals surface area contributed by atoms with Crippen LogP contribution >= 0.6 is 11.6 Å². The Bertz CT molecular complexity index is 916. The monoisotopic (exact) mass is 426 g/mol. The van der Waals surface area contributed by atoms with Gasteiger partial charge in [0.15, 0.2) is 5.78 Å². The van der Waals surface area contributed by atoms with Crippen LogP contribution in [0.2, 0.25) is 5.02 Å². The van der Waals surface area contributed by atoms with Gasteiger partial charge in [-0.1, -0.05) is 48.0 Å². The largest absolute Gasteiger partial charge is 0.515 e. The number of halogens is 1. The molecule has 0 atom stereocenters. The van der Waals surface area contributed by atoms with E-state index in [1.165, 1.54) is 38.2 Å². The van der Waals surface area contributed by atoms with Crippen molar-refractivity contribution < 1.29 is 14.6 Å². The third-order valence-corrected chi connectivity index (χ3v) is 5.83. The molecule has 1 aliphatic rings. The number of aliphatic hydroxyl groups excluding tert-OH is 1. The first-order chi connectivity index (χ1) is 14.3. The number of aryl methyl sites for hydroxylation is 1. The van der Waals surface area contributed by atoms with Gasteiger partial charge in [-0.2, -0.15) is 0 Å². The number of rotatable bonds is 4. The van der Waals surface area contributed by atoms with Crippen molar-refractivity contribution >= 4 is 23.0 Å². The van der Waals surface area contributed by atoms with Crippen molar-refractivity contribution in [3.05, 3.63) is 76.5 Å². The summed E-state index contributed by atoms with van der Waals surface area (Å²) in [7, 11) is 1.79. The molecule has 3 nitrogen and oxygen atoms in total. The molecule has 0 aromatic heterocycles. The Kier molecular flexibility index (Phi) is 8.88. The van der Waals surface area contributed by atoms with Crippen LogP contribution in [0.3, 0.4) is 0 Å². The lowest BCUT2D eigenvalue weighted by molar-refractivity contribution is -0.111. The Morgan fingerprint density at radius 3 is 2.23 bits per heavy atom. The van der Waals surface area contributed by atoms with E-state index in [9.17, 15) is 9.90 Å². The lowest BCUT2D eigenvalue weighted by Gasteiger charge is -2.21. The van der Waals surface area contributed by atoms with Crippen LogP contribution in [0.25, 0.3) is 16.7 Å². The summed E-state index contributed by atoms with van der Waals surface area (Å²) in [6.45, 7) is 9.27. The zero-order valence-corrected chi connectivity index (χ0v) is 19.1. The maximum absolute atomic E-state index is 11.7. The van der Waals surface area contributed by atoms with Gasteiger partial charge in [-0.3, -0.25) is 4.79 Å². The molecule has 0 unspecified atom stereocenters. The number of hydrogen-bond acceptors (Lipinski definition) is 3. The Balaban J connectivity index is 0.000000297. The zero-order valence-electron chi connectivity index (χ0n) is 18.3. The summed E-state index contributed by atoms with van der Waals surface area (Å²) in [5.74, 6) is -0.156. The van der Waals surface area contributed by atoms with Gasteiger partial charge in [0.25, 0.3) is 0 Å². The van der Waals surface area contributed by atoms with E-state index in [0.29, 0.717) is 16.7 Å². The van der Waals surface area contributed by atoms with Crippen molar-refractivity contribution in [3.8, 4) is 11.1 Å². The summed E-state index contributed by atoms with van der Waals surface area (Å²) < 4.78 is 5.20. The van der Waals surface area contributed by atoms with Crippen molar-refractivity contribution in [2.45, 2.75) is 52.6 Å². The number of carbonyl (C=O) groups excluding carboxylic acids is 1. The molecular weight excluding hydrogens is 396 g/mol. The second-order valence-electron chi connectivity index (χ2n) is 7.72. The normalized spacial score (nSPS) is 14.8. The van der Waals surface area contributed by atoms with Gasteiger partial charge in [-0.25, -0.2) is 0 Å². The molecule has 30 heavy (non-hydrogen) atoms. The number of Topliss-reactive ketones (excluding diaryl/α,β-unsaturated/α-hetero) is 1. The third kappa shape index (κ3) is 6.07. The molecule has 1 fully saturated rings. The third-order valence-electron chi connectivity index (χ3n) is 5.58. The van der Waals surface area contributed by atoms with Crippen LogP contribution in [0.1, 0.15) is 49.3 Å². The number of ketones is 1. The first kappa shape index (κ1) is 23.9. The Labute approximate surface area is 185 Å². The molecule has 2 aromatic rings. The molecule has 0 aliphatic heterocycles. The van der Waals surface area contributed by atoms with E-state index in [4.69, 9.17) is 16.3 Å². The van der Waals surface area contributed by atoms with Gasteiger partial charge < -0.3 is 9.84 Å². The van der Waals surface area contributed by atoms with E-state index in [1.807, 2.05) is 50.2 Å². The van der Waals surface area contributed by atoms with Crippen LogP contribution in [0.4, 0.5) is 0 Å². The summed E-state index contributed by atoms with van der Waals surface area (Å²) >= 11 is 5.92. The van der Waals surface area contributed by atoms with Gasteiger partial charge in [0, 0.05) is 12.1 Å². The fourth-order valence-electron chi connectivity index (χ4n) is 3.77. The van der Waals surface area contributed by atoms with E-state index >= 15 is 0 Å². The molecule has 0 saturated heterocycles. The van der Waals surface area contributed by atoms with Crippen LogP contribution in [0.15, 0.2) is 54.8 Å². The van der Waals surface area contributed by atoms with Crippen LogP contribution in [-0.2, 0) is 9.53 Å². The van der Waals surface area contributed by atoms with Gasteiger partial charge >= 0.3 is 0 Å². The summed E-state index contributed by atoms with van der Waals surface area (Å²) in [5, 5.41) is 10.1. The van der Waals surface area contributed by atoms with Crippen molar-refractivity contribution in [2.75, 3.05) is 7.11 Å². The second kappa shape index (κ2) is 11.1. The van der Waals surface area contributed by atoms with Crippen molar-refractivity contribution in [1.29, 1.82) is 0 Å². The fourth-order valence-corrected chi connectivity index (χ4v) is 3.90. The van der Waals surface area contributed by atoms with Gasteiger partial charge in [0.2, 0.25) is 0 Å². The van der Waals surface area contributed by atoms with Crippen molar-refractivity contribution in [3.63, 3.8) is 0 Å². The van der Waals surface area contributed by atoms with Crippen LogP contribution in [-0.4, -0.2) is 24.1 Å². The van der Waals surface area contributed by atoms with E-state index in [-0.39, 0.29) is 5.78 Å². The van der Waals surface area contributed by atoms with E-state index in [0.717, 1.165) is 34.1 Å². The molecule has 0 bridgehead atoms. The molecule has 0 heterocycles. The highest BCUT2D eigenvalue weighted by Crippen LogP contribution is 2.32. The van der Waals surface area contributed by atoms with Gasteiger partial charge in [0.05, 0.1) is 17.9 Å². The molecule has 1 aliphatic carbocycles. The zero-order chi connectivity index (χ0) is 22.3. The average Bonchev–Trinajstić information content (AvgIpc) is 2.73. The lowest BCUT2D eigenvalue weighted by Crippen LogP contribution is -2.14. The molecule has 4 heteroatoms. The van der Waals surface area contributed by atoms with E-state index < -0.39 is 0 Å². The van der Waals surface area contributed by atoms with Gasteiger partial charge in [-0.05, 0) is 86.4 Å². The molecular formula is C26H31ClO3. The van der Waals surface area contributed by atoms with Crippen LogP contribution in [0, 0.1) is 13.8 Å². The molecule has 2 aromatic carbocycles.